The van der Waals surface area contributed by atoms with Crippen LogP contribution in [0.15, 0.2) is 97.3 Å². The lowest BCUT2D eigenvalue weighted by molar-refractivity contribution is 1.20. The van der Waals surface area contributed by atoms with Crippen molar-refractivity contribution in [1.82, 2.24) is 9.97 Å². The number of aromatic nitrogens is 2. The van der Waals surface area contributed by atoms with Crippen LogP contribution >= 0.6 is 0 Å². The maximum atomic E-state index is 4.26. The first-order chi connectivity index (χ1) is 14.7. The van der Waals surface area contributed by atoms with Crippen LogP contribution in [0.5, 0.6) is 0 Å². The predicted molar refractivity (Wildman–Crippen MR) is 132 cm³/mol. The second-order valence-electron chi connectivity index (χ2n) is 6.11. The first kappa shape index (κ1) is 24.8. The summed E-state index contributed by atoms with van der Waals surface area (Å²) in [5.74, 6) is 0. The molecule has 0 radical (unpaired) electrons. The molecule has 0 saturated carbocycles. The fourth-order valence-corrected chi connectivity index (χ4v) is 2.62. The van der Waals surface area contributed by atoms with E-state index >= 15 is 0 Å². The van der Waals surface area contributed by atoms with Crippen molar-refractivity contribution in [1.29, 1.82) is 0 Å². The lowest BCUT2D eigenvalue weighted by Gasteiger charge is -2.00. The van der Waals surface area contributed by atoms with E-state index in [1.165, 1.54) is 22.3 Å². The number of aryl methyl sites for hydroxylation is 2. The molecule has 30 heavy (non-hydrogen) atoms. The third-order valence-electron chi connectivity index (χ3n) is 4.02. The third-order valence-corrected chi connectivity index (χ3v) is 4.02. The molecule has 2 aromatic carbocycles. The average Bonchev–Trinajstić information content (AvgIpc) is 2.84. The van der Waals surface area contributed by atoms with Crippen LogP contribution in [-0.4, -0.2) is 9.97 Å². The zero-order chi connectivity index (χ0) is 22.2. The van der Waals surface area contributed by atoms with Crippen LogP contribution < -0.4 is 0 Å². The molecular weight excluding hydrogens is 364 g/mol. The summed E-state index contributed by atoms with van der Waals surface area (Å²) in [6.45, 7) is 12.0. The largest absolute Gasteiger partial charge is 0.262 e. The highest BCUT2D eigenvalue weighted by Crippen LogP contribution is 2.18. The first-order valence-electron chi connectivity index (χ1n) is 10.7. The Labute approximate surface area is 182 Å². The Kier molecular flexibility index (Phi) is 12.1. The van der Waals surface area contributed by atoms with Gasteiger partial charge in [-0.3, -0.25) is 9.97 Å². The highest BCUT2D eigenvalue weighted by atomic mass is 14.7. The molecule has 2 nitrogen and oxygen atoms in total. The van der Waals surface area contributed by atoms with Crippen molar-refractivity contribution in [2.75, 3.05) is 0 Å². The molecule has 2 aromatic heterocycles. The van der Waals surface area contributed by atoms with E-state index in [1.54, 1.807) is 0 Å². The van der Waals surface area contributed by atoms with Crippen molar-refractivity contribution in [3.05, 3.63) is 109 Å². The monoisotopic (exact) mass is 398 g/mol. The fourth-order valence-electron chi connectivity index (χ4n) is 2.62. The molecule has 0 aliphatic carbocycles. The first-order valence-corrected chi connectivity index (χ1v) is 10.7. The molecule has 0 bridgehead atoms. The molecule has 0 spiro atoms. The average molecular weight is 399 g/mol. The summed E-state index contributed by atoms with van der Waals surface area (Å²) in [7, 11) is 0. The molecule has 156 valence electrons. The molecule has 2 heterocycles. The topological polar surface area (TPSA) is 25.8 Å². The molecule has 0 fully saturated rings. The Morgan fingerprint density at radius 2 is 1.00 bits per heavy atom. The van der Waals surface area contributed by atoms with E-state index in [9.17, 15) is 0 Å². The van der Waals surface area contributed by atoms with Gasteiger partial charge in [0.25, 0.3) is 0 Å². The van der Waals surface area contributed by atoms with Crippen LogP contribution in [0.25, 0.3) is 22.3 Å². The molecule has 2 heteroatoms. The standard InChI is InChI=1S/2C12H11N.2C2H6/c1-10-9-12(7-8-13-10)11-5-3-2-4-6-11;1-10-7-8-12(9-13-10)11-5-3-2-4-6-11;2*1-2/h2*2-9H,1H3;2*1-2H3. The number of nitrogens with zero attached hydrogens (tertiary/aromatic N) is 2. The van der Waals surface area contributed by atoms with Crippen molar-refractivity contribution in [3.63, 3.8) is 0 Å². The van der Waals surface area contributed by atoms with Gasteiger partial charge in [0.05, 0.1) is 0 Å². The van der Waals surface area contributed by atoms with Gasteiger partial charge in [-0.25, -0.2) is 0 Å². The number of benzene rings is 2. The highest BCUT2D eigenvalue weighted by molar-refractivity contribution is 5.63. The van der Waals surface area contributed by atoms with Crippen molar-refractivity contribution < 1.29 is 0 Å². The Morgan fingerprint density at radius 3 is 1.47 bits per heavy atom. The second kappa shape index (κ2) is 14.7. The van der Waals surface area contributed by atoms with Crippen molar-refractivity contribution in [2.24, 2.45) is 0 Å². The number of hydrogen-bond donors (Lipinski definition) is 0. The van der Waals surface area contributed by atoms with E-state index in [1.807, 2.05) is 102 Å². The molecule has 0 amide bonds. The van der Waals surface area contributed by atoms with E-state index in [0.29, 0.717) is 0 Å². The molecule has 0 atom stereocenters. The van der Waals surface area contributed by atoms with Crippen molar-refractivity contribution in [2.45, 2.75) is 41.5 Å². The number of pyridine rings is 2. The Bertz CT molecular complexity index is 931. The number of hydrogen-bond acceptors (Lipinski definition) is 2. The van der Waals surface area contributed by atoms with Crippen LogP contribution in [0.3, 0.4) is 0 Å². The maximum Gasteiger partial charge on any atom is 0.0378 e. The van der Waals surface area contributed by atoms with E-state index in [4.69, 9.17) is 0 Å². The minimum Gasteiger partial charge on any atom is -0.262 e. The van der Waals surface area contributed by atoms with Gasteiger partial charge in [-0.15, -0.1) is 0 Å². The zero-order valence-corrected chi connectivity index (χ0v) is 19.1. The summed E-state index contributed by atoms with van der Waals surface area (Å²) in [5.41, 5.74) is 6.98. The Balaban J connectivity index is 0.000000258. The third kappa shape index (κ3) is 8.40. The van der Waals surface area contributed by atoms with Gasteiger partial charge in [0.2, 0.25) is 0 Å². The maximum absolute atomic E-state index is 4.26. The van der Waals surface area contributed by atoms with Gasteiger partial charge < -0.3 is 0 Å². The minimum atomic E-state index is 1.06. The molecule has 0 saturated heterocycles. The van der Waals surface area contributed by atoms with Gasteiger partial charge in [0, 0.05) is 29.3 Å². The minimum absolute atomic E-state index is 1.06. The molecule has 4 rings (SSSR count). The van der Waals surface area contributed by atoms with Gasteiger partial charge in [-0.1, -0.05) is 94.4 Å². The van der Waals surface area contributed by atoms with Gasteiger partial charge in [-0.05, 0) is 48.7 Å². The predicted octanol–water partition coefficient (Wildman–Crippen LogP) is 8.17. The molecule has 0 unspecified atom stereocenters. The van der Waals surface area contributed by atoms with Gasteiger partial charge in [0.15, 0.2) is 0 Å². The van der Waals surface area contributed by atoms with Crippen LogP contribution in [-0.2, 0) is 0 Å². The van der Waals surface area contributed by atoms with Crippen LogP contribution in [0.4, 0.5) is 0 Å². The fraction of sp³-hybridized carbons (Fsp3) is 0.214. The SMILES string of the molecule is CC.CC.Cc1cc(-c2ccccc2)ccn1.Cc1ccc(-c2ccccc2)cn1. The van der Waals surface area contributed by atoms with Crippen LogP contribution in [0.1, 0.15) is 39.1 Å². The van der Waals surface area contributed by atoms with Crippen LogP contribution in [0.2, 0.25) is 0 Å². The number of rotatable bonds is 2. The molecule has 0 aliphatic rings. The van der Waals surface area contributed by atoms with Gasteiger partial charge in [-0.2, -0.15) is 0 Å². The van der Waals surface area contributed by atoms with Gasteiger partial charge >= 0.3 is 0 Å². The second-order valence-corrected chi connectivity index (χ2v) is 6.11. The van der Waals surface area contributed by atoms with Crippen molar-refractivity contribution in [3.8, 4) is 22.3 Å². The van der Waals surface area contributed by atoms with E-state index < -0.39 is 0 Å². The normalized spacial score (nSPS) is 9.00. The van der Waals surface area contributed by atoms with E-state index in [0.717, 1.165) is 11.4 Å². The summed E-state index contributed by atoms with van der Waals surface area (Å²) in [6, 6.07) is 28.9. The van der Waals surface area contributed by atoms with Gasteiger partial charge in [0.1, 0.15) is 0 Å². The lowest BCUT2D eigenvalue weighted by atomic mass is 10.1. The summed E-state index contributed by atoms with van der Waals surface area (Å²) in [4.78, 5) is 8.42. The molecule has 0 N–H and O–H groups in total. The highest BCUT2D eigenvalue weighted by Gasteiger charge is 1.96. The molecule has 4 aromatic rings. The van der Waals surface area contributed by atoms with E-state index in [-0.39, 0.29) is 0 Å². The van der Waals surface area contributed by atoms with Crippen LogP contribution in [0, 0.1) is 13.8 Å². The Morgan fingerprint density at radius 1 is 0.467 bits per heavy atom. The Hall–Kier alpha value is -3.26. The zero-order valence-electron chi connectivity index (χ0n) is 19.1. The van der Waals surface area contributed by atoms with E-state index in [2.05, 4.69) is 46.4 Å². The summed E-state index contributed by atoms with van der Waals surface area (Å²) in [6.07, 6.45) is 3.75. The summed E-state index contributed by atoms with van der Waals surface area (Å²) < 4.78 is 0. The summed E-state index contributed by atoms with van der Waals surface area (Å²) >= 11 is 0. The smallest absolute Gasteiger partial charge is 0.0378 e. The quantitative estimate of drug-likeness (QED) is 0.340. The molecule has 0 aliphatic heterocycles. The molecular formula is C28H34N2. The lowest BCUT2D eigenvalue weighted by Crippen LogP contribution is -1.81. The summed E-state index contributed by atoms with van der Waals surface area (Å²) in [5, 5.41) is 0. The van der Waals surface area contributed by atoms with Crippen molar-refractivity contribution >= 4 is 0 Å².